The number of para-hydroxylation sites is 1. The number of nitrogens with zero attached hydrogens (tertiary/aromatic N) is 5. The van der Waals surface area contributed by atoms with Crippen molar-refractivity contribution in [3.05, 3.63) is 70.1 Å². The van der Waals surface area contributed by atoms with Crippen molar-refractivity contribution in [2.45, 2.75) is 13.0 Å². The molecule has 0 aliphatic carbocycles. The summed E-state index contributed by atoms with van der Waals surface area (Å²) in [4.78, 5) is 0. The van der Waals surface area contributed by atoms with Crippen molar-refractivity contribution in [2.75, 3.05) is 0 Å². The van der Waals surface area contributed by atoms with Crippen LogP contribution < -0.4 is 0 Å². The molecular formula is C20H15ClN6S. The summed E-state index contributed by atoms with van der Waals surface area (Å²) < 4.78 is 3.99. The molecule has 2 aromatic heterocycles. The second kappa shape index (κ2) is 7.80. The molecule has 0 atom stereocenters. The summed E-state index contributed by atoms with van der Waals surface area (Å²) in [6, 6.07) is 17.6. The van der Waals surface area contributed by atoms with Crippen molar-refractivity contribution < 1.29 is 0 Å². The molecule has 0 saturated carbocycles. The van der Waals surface area contributed by atoms with E-state index in [0.717, 1.165) is 22.0 Å². The van der Waals surface area contributed by atoms with Gasteiger partial charge in [0.25, 0.3) is 0 Å². The van der Waals surface area contributed by atoms with Gasteiger partial charge in [-0.2, -0.15) is 20.1 Å². The molecule has 0 fully saturated rings. The first-order chi connectivity index (χ1) is 13.7. The molecule has 2 heterocycles. The number of aromatic amines is 1. The Morgan fingerprint density at radius 1 is 1.21 bits per heavy atom. The number of benzene rings is 2. The van der Waals surface area contributed by atoms with Crippen LogP contribution in [0.5, 0.6) is 0 Å². The fraction of sp³-hybridized carbons (Fsp3) is 0.100. The summed E-state index contributed by atoms with van der Waals surface area (Å²) in [5, 5.41) is 22.1. The number of hydrogen-bond acceptors (Lipinski definition) is 4. The van der Waals surface area contributed by atoms with Gasteiger partial charge in [-0.3, -0.25) is 0 Å². The van der Waals surface area contributed by atoms with Gasteiger partial charge in [0.15, 0.2) is 5.82 Å². The van der Waals surface area contributed by atoms with Crippen molar-refractivity contribution in [1.82, 2.24) is 19.4 Å². The van der Waals surface area contributed by atoms with E-state index >= 15 is 0 Å². The number of nitriles is 1. The van der Waals surface area contributed by atoms with Crippen molar-refractivity contribution >= 4 is 40.9 Å². The van der Waals surface area contributed by atoms with E-state index in [0.29, 0.717) is 28.6 Å². The van der Waals surface area contributed by atoms with Gasteiger partial charge < -0.3 is 4.57 Å². The molecule has 138 valence electrons. The number of fused-ring (bicyclic) bond motifs is 1. The molecule has 0 aliphatic rings. The molecule has 4 aromatic rings. The Kier molecular flexibility index (Phi) is 5.06. The van der Waals surface area contributed by atoms with Crippen LogP contribution in [0.2, 0.25) is 5.02 Å². The number of hydrogen-bond donors (Lipinski definition) is 1. The molecule has 4 rings (SSSR count). The Morgan fingerprint density at radius 2 is 2.00 bits per heavy atom. The first-order valence-corrected chi connectivity index (χ1v) is 9.39. The zero-order valence-corrected chi connectivity index (χ0v) is 16.3. The zero-order valence-electron chi connectivity index (χ0n) is 14.7. The van der Waals surface area contributed by atoms with Crippen LogP contribution in [0.3, 0.4) is 0 Å². The quantitative estimate of drug-likeness (QED) is 0.374. The molecule has 0 spiro atoms. The minimum atomic E-state index is 0.374. The van der Waals surface area contributed by atoms with Crippen LogP contribution in [0.15, 0.2) is 59.8 Å². The Morgan fingerprint density at radius 3 is 2.82 bits per heavy atom. The largest absolute Gasteiger partial charge is 0.346 e. The van der Waals surface area contributed by atoms with Crippen LogP contribution in [0, 0.1) is 16.1 Å². The lowest BCUT2D eigenvalue weighted by atomic mass is 10.2. The smallest absolute Gasteiger partial charge is 0.216 e. The van der Waals surface area contributed by atoms with E-state index in [1.807, 2.05) is 48.7 Å². The number of H-pyrrole nitrogens is 1. The average Bonchev–Trinajstić information content (AvgIpc) is 3.25. The van der Waals surface area contributed by atoms with Crippen LogP contribution in [-0.2, 0) is 6.54 Å². The van der Waals surface area contributed by atoms with Crippen molar-refractivity contribution in [1.29, 1.82) is 5.26 Å². The number of aromatic nitrogens is 4. The van der Waals surface area contributed by atoms with Crippen molar-refractivity contribution in [2.24, 2.45) is 5.10 Å². The second-order valence-corrected chi connectivity index (χ2v) is 6.89. The molecule has 6 nitrogen and oxygen atoms in total. The minimum Gasteiger partial charge on any atom is -0.346 e. The number of halogens is 1. The molecule has 8 heteroatoms. The van der Waals surface area contributed by atoms with Crippen LogP contribution in [0.25, 0.3) is 22.3 Å². The van der Waals surface area contributed by atoms with Gasteiger partial charge in [-0.05, 0) is 30.4 Å². The van der Waals surface area contributed by atoms with Crippen LogP contribution in [0.1, 0.15) is 12.0 Å². The lowest BCUT2D eigenvalue weighted by Gasteiger charge is -2.02. The lowest BCUT2D eigenvalue weighted by molar-refractivity contribution is 0.744. The van der Waals surface area contributed by atoms with E-state index in [4.69, 9.17) is 29.1 Å². The monoisotopic (exact) mass is 406 g/mol. The summed E-state index contributed by atoms with van der Waals surface area (Å²) in [6.07, 6.45) is 4.18. The molecule has 28 heavy (non-hydrogen) atoms. The van der Waals surface area contributed by atoms with Gasteiger partial charge >= 0.3 is 0 Å². The molecule has 0 amide bonds. The van der Waals surface area contributed by atoms with E-state index < -0.39 is 0 Å². The van der Waals surface area contributed by atoms with E-state index in [1.54, 1.807) is 17.0 Å². The lowest BCUT2D eigenvalue weighted by Crippen LogP contribution is -1.96. The Balaban J connectivity index is 1.78. The normalized spacial score (nSPS) is 11.3. The Bertz CT molecular complexity index is 1270. The van der Waals surface area contributed by atoms with Gasteiger partial charge in [0.05, 0.1) is 23.7 Å². The summed E-state index contributed by atoms with van der Waals surface area (Å²) in [5.74, 6) is 0.542. The molecule has 0 bridgehead atoms. The van der Waals surface area contributed by atoms with Crippen molar-refractivity contribution in [3.8, 4) is 17.5 Å². The third-order valence-corrected chi connectivity index (χ3v) is 4.96. The van der Waals surface area contributed by atoms with Gasteiger partial charge in [0.1, 0.15) is 0 Å². The van der Waals surface area contributed by atoms with Crippen molar-refractivity contribution in [3.63, 3.8) is 0 Å². The summed E-state index contributed by atoms with van der Waals surface area (Å²) in [7, 11) is 0. The predicted octanol–water partition coefficient (Wildman–Crippen LogP) is 5.01. The number of rotatable bonds is 5. The van der Waals surface area contributed by atoms with Gasteiger partial charge in [-0.1, -0.05) is 41.9 Å². The molecule has 0 radical (unpaired) electrons. The maximum Gasteiger partial charge on any atom is 0.216 e. The number of aryl methyl sites for hydroxylation is 1. The Hall–Kier alpha value is -3.21. The van der Waals surface area contributed by atoms with E-state index in [-0.39, 0.29) is 0 Å². The van der Waals surface area contributed by atoms with Crippen LogP contribution in [0.4, 0.5) is 0 Å². The highest BCUT2D eigenvalue weighted by atomic mass is 35.5. The third kappa shape index (κ3) is 3.36. The highest BCUT2D eigenvalue weighted by Crippen LogP contribution is 2.26. The summed E-state index contributed by atoms with van der Waals surface area (Å²) in [5.41, 5.74) is 2.73. The highest BCUT2D eigenvalue weighted by Gasteiger charge is 2.12. The molecule has 0 unspecified atom stereocenters. The van der Waals surface area contributed by atoms with Crippen LogP contribution in [-0.4, -0.2) is 25.7 Å². The standard InChI is InChI=1S/C20H15ClN6S/c21-17-8-3-1-7-16(17)19-24-25-20(28)27(19)23-12-14-13-26(11-5-10-22)18-9-4-2-6-15(14)18/h1-4,6-9,12-13H,5,11H2,(H,25,28)/b23-12-. The van der Waals surface area contributed by atoms with Gasteiger partial charge in [0.2, 0.25) is 4.77 Å². The molecular weight excluding hydrogens is 392 g/mol. The van der Waals surface area contributed by atoms with E-state index in [1.165, 1.54) is 0 Å². The topological polar surface area (TPSA) is 74.7 Å². The van der Waals surface area contributed by atoms with Gasteiger partial charge in [-0.15, -0.1) is 0 Å². The molecule has 0 aliphatic heterocycles. The summed E-state index contributed by atoms with van der Waals surface area (Å²) in [6.45, 7) is 0.626. The highest BCUT2D eigenvalue weighted by molar-refractivity contribution is 7.71. The fourth-order valence-electron chi connectivity index (χ4n) is 3.07. The first kappa shape index (κ1) is 18.2. The summed E-state index contributed by atoms with van der Waals surface area (Å²) >= 11 is 11.6. The maximum atomic E-state index is 8.90. The molecule has 0 saturated heterocycles. The van der Waals surface area contributed by atoms with Gasteiger partial charge in [0, 0.05) is 34.8 Å². The van der Waals surface area contributed by atoms with Gasteiger partial charge in [-0.25, -0.2) is 5.10 Å². The predicted molar refractivity (Wildman–Crippen MR) is 113 cm³/mol. The van der Waals surface area contributed by atoms with E-state index in [2.05, 4.69) is 25.9 Å². The maximum absolute atomic E-state index is 8.90. The number of nitrogens with one attached hydrogen (secondary N) is 1. The average molecular weight is 407 g/mol. The minimum absolute atomic E-state index is 0.374. The zero-order chi connectivity index (χ0) is 19.5. The first-order valence-electron chi connectivity index (χ1n) is 8.60. The third-order valence-electron chi connectivity index (χ3n) is 4.36. The fourth-order valence-corrected chi connectivity index (χ4v) is 3.47. The molecule has 1 N–H and O–H groups in total. The Labute approximate surface area is 171 Å². The van der Waals surface area contributed by atoms with E-state index in [9.17, 15) is 0 Å². The van der Waals surface area contributed by atoms with Crippen LogP contribution >= 0.6 is 23.8 Å². The SMILES string of the molecule is N#CCCn1cc(/C=N\n2c(-c3ccccc3Cl)n[nH]c2=S)c2ccccc21. The molecule has 2 aromatic carbocycles. The second-order valence-electron chi connectivity index (χ2n) is 6.09.